The second-order valence-corrected chi connectivity index (χ2v) is 13.0. The number of ketones is 4. The summed E-state index contributed by atoms with van der Waals surface area (Å²) in [6, 6.07) is 13.4. The average molecular weight is 656 g/mol. The van der Waals surface area contributed by atoms with Gasteiger partial charge in [-0.3, -0.25) is 33.7 Å². The molecule has 0 bridgehead atoms. The van der Waals surface area contributed by atoms with E-state index in [-0.39, 0.29) is 43.3 Å². The SMILES string of the molecule is CCOC(=O)CNCc1ccc(-c2ccc(O)c3c2C[C@H]2C[C@H]4[C@H](N(C)C)C(=O)C(C(N)=O)C(=O)[C@@]4(O)C(=O)C2C3=O)c2ccccc12. The lowest BCUT2D eigenvalue weighted by Crippen LogP contribution is -2.74. The van der Waals surface area contributed by atoms with Crippen LogP contribution in [0.3, 0.4) is 0 Å². The third-order valence-electron chi connectivity index (χ3n) is 10.1. The Kier molecular flexibility index (Phi) is 8.52. The van der Waals surface area contributed by atoms with Crippen LogP contribution in [0.25, 0.3) is 21.9 Å². The molecular weight excluding hydrogens is 618 g/mol. The molecule has 12 nitrogen and oxygen atoms in total. The van der Waals surface area contributed by atoms with Crippen LogP contribution in [0, 0.1) is 23.7 Å². The molecule has 48 heavy (non-hydrogen) atoms. The number of phenolic OH excluding ortho intramolecular Hbond substituents is 1. The number of esters is 1. The fraction of sp³-hybridized carbons (Fsp3) is 0.389. The number of nitrogens with one attached hydrogen (secondary N) is 1. The quantitative estimate of drug-likeness (QED) is 0.202. The van der Waals surface area contributed by atoms with Crippen LogP contribution in [0.4, 0.5) is 0 Å². The monoisotopic (exact) mass is 655 g/mol. The Morgan fingerprint density at radius 2 is 1.69 bits per heavy atom. The van der Waals surface area contributed by atoms with Gasteiger partial charge in [0, 0.05) is 12.5 Å². The smallest absolute Gasteiger partial charge is 0.319 e. The summed E-state index contributed by atoms with van der Waals surface area (Å²) >= 11 is 0. The Bertz CT molecular complexity index is 1900. The molecule has 2 unspecified atom stereocenters. The number of amides is 1. The molecule has 3 aromatic rings. The number of carbonyl (C=O) groups is 6. The maximum absolute atomic E-state index is 14.2. The lowest BCUT2D eigenvalue weighted by Gasteiger charge is -2.52. The van der Waals surface area contributed by atoms with Crippen LogP contribution < -0.4 is 11.1 Å². The normalized spacial score (nSPS) is 26.6. The number of aliphatic hydroxyl groups is 1. The number of rotatable bonds is 8. The van der Waals surface area contributed by atoms with Crippen molar-refractivity contribution in [1.82, 2.24) is 10.2 Å². The van der Waals surface area contributed by atoms with Gasteiger partial charge in [-0.2, -0.15) is 0 Å². The van der Waals surface area contributed by atoms with Gasteiger partial charge in [0.15, 0.2) is 34.7 Å². The van der Waals surface area contributed by atoms with Crippen LogP contribution in [0.5, 0.6) is 5.75 Å². The Morgan fingerprint density at radius 3 is 2.35 bits per heavy atom. The maximum atomic E-state index is 14.2. The summed E-state index contributed by atoms with van der Waals surface area (Å²) in [5.41, 5.74) is 5.44. The van der Waals surface area contributed by atoms with Gasteiger partial charge in [0.1, 0.15) is 5.75 Å². The second kappa shape index (κ2) is 12.3. The second-order valence-electron chi connectivity index (χ2n) is 13.0. The van der Waals surface area contributed by atoms with Crippen LogP contribution in [-0.2, 0) is 41.7 Å². The third kappa shape index (κ3) is 5.02. The van der Waals surface area contributed by atoms with E-state index in [2.05, 4.69) is 5.32 Å². The predicted molar refractivity (Wildman–Crippen MR) is 173 cm³/mol. The number of carbonyl (C=O) groups excluding carboxylic acids is 6. The minimum Gasteiger partial charge on any atom is -0.507 e. The van der Waals surface area contributed by atoms with Gasteiger partial charge in [-0.1, -0.05) is 42.5 Å². The molecule has 0 heterocycles. The standard InChI is InChI=1S/C36H37N3O9/c1-4-48-26(41)16-38-15-17-9-10-21(20-8-6-5-7-19(17)20)22-11-12-25(40)28-23(22)13-18-14-24-30(39(2)3)32(43)29(35(37)46)34(45)36(24,47)33(44)27(18)31(28)42/h5-12,18,24,27,29-30,38,40,47H,4,13-16H2,1-3H3,(H2,37,46)/t18-,24-,27?,29?,30-,36-/m0/s1. The van der Waals surface area contributed by atoms with Gasteiger partial charge in [-0.25, -0.2) is 0 Å². The molecule has 3 aliphatic carbocycles. The fourth-order valence-electron chi connectivity index (χ4n) is 8.12. The Labute approximate surface area is 276 Å². The largest absolute Gasteiger partial charge is 0.507 e. The molecular formula is C36H37N3O9. The zero-order chi connectivity index (χ0) is 34.7. The van der Waals surface area contributed by atoms with Crippen LogP contribution in [-0.4, -0.2) is 89.0 Å². The van der Waals surface area contributed by atoms with E-state index in [0.717, 1.165) is 21.9 Å². The molecule has 0 aliphatic heterocycles. The first-order chi connectivity index (χ1) is 22.8. The van der Waals surface area contributed by atoms with E-state index in [1.165, 1.54) is 11.0 Å². The van der Waals surface area contributed by atoms with Crippen LogP contribution in [0.2, 0.25) is 0 Å². The number of fused-ring (bicyclic) bond motifs is 4. The van der Waals surface area contributed by atoms with Gasteiger partial charge in [0.25, 0.3) is 0 Å². The highest BCUT2D eigenvalue weighted by atomic mass is 16.5. The zero-order valence-electron chi connectivity index (χ0n) is 26.8. The van der Waals surface area contributed by atoms with Gasteiger partial charge in [-0.15, -0.1) is 0 Å². The molecule has 1 amide bonds. The van der Waals surface area contributed by atoms with Crippen molar-refractivity contribution in [3.63, 3.8) is 0 Å². The van der Waals surface area contributed by atoms with E-state index < -0.39 is 64.4 Å². The molecule has 3 aromatic carbocycles. The Hall–Kier alpha value is -4.78. The van der Waals surface area contributed by atoms with Crippen molar-refractivity contribution in [3.05, 3.63) is 65.2 Å². The molecule has 3 aliphatic rings. The number of Topliss-reactive ketones (excluding diaryl/α,β-unsaturated/α-hetero) is 4. The van der Waals surface area contributed by atoms with Crippen LogP contribution >= 0.6 is 0 Å². The maximum Gasteiger partial charge on any atom is 0.319 e. The molecule has 12 heteroatoms. The van der Waals surface area contributed by atoms with Crippen molar-refractivity contribution in [2.75, 3.05) is 27.2 Å². The number of benzene rings is 3. The number of primary amides is 1. The average Bonchev–Trinajstić information content (AvgIpc) is 3.03. The molecule has 0 spiro atoms. The predicted octanol–water partition coefficient (Wildman–Crippen LogP) is 1.34. The van der Waals surface area contributed by atoms with Crippen molar-refractivity contribution in [3.8, 4) is 16.9 Å². The number of aromatic hydroxyl groups is 1. The summed E-state index contributed by atoms with van der Waals surface area (Å²) in [5, 5.41) is 27.7. The minimum atomic E-state index is -2.78. The highest BCUT2D eigenvalue weighted by Gasteiger charge is 2.69. The molecule has 5 N–H and O–H groups in total. The van der Waals surface area contributed by atoms with Gasteiger partial charge < -0.3 is 26.0 Å². The highest BCUT2D eigenvalue weighted by molar-refractivity contribution is 6.32. The van der Waals surface area contributed by atoms with E-state index in [1.54, 1.807) is 27.1 Å². The first-order valence-electron chi connectivity index (χ1n) is 15.9. The summed E-state index contributed by atoms with van der Waals surface area (Å²) in [5.74, 6) is -11.3. The van der Waals surface area contributed by atoms with E-state index in [9.17, 15) is 39.0 Å². The molecule has 2 saturated carbocycles. The van der Waals surface area contributed by atoms with Gasteiger partial charge in [-0.05, 0) is 78.9 Å². The number of likely N-dealkylation sites (N-methyl/N-ethyl adjacent to an activating group) is 1. The molecule has 6 rings (SSSR count). The summed E-state index contributed by atoms with van der Waals surface area (Å²) in [6.45, 7) is 2.47. The van der Waals surface area contributed by atoms with E-state index in [1.807, 2.05) is 36.4 Å². The fourth-order valence-corrected chi connectivity index (χ4v) is 8.12. The number of nitrogens with zero attached hydrogens (tertiary/aromatic N) is 1. The zero-order valence-corrected chi connectivity index (χ0v) is 26.8. The van der Waals surface area contributed by atoms with E-state index in [4.69, 9.17) is 10.5 Å². The Morgan fingerprint density at radius 1 is 1.00 bits per heavy atom. The Balaban J connectivity index is 1.43. The lowest BCUT2D eigenvalue weighted by atomic mass is 9.52. The first kappa shape index (κ1) is 33.1. The summed E-state index contributed by atoms with van der Waals surface area (Å²) in [4.78, 5) is 80.8. The molecule has 0 saturated heterocycles. The third-order valence-corrected chi connectivity index (χ3v) is 10.1. The van der Waals surface area contributed by atoms with Gasteiger partial charge in [0.05, 0.1) is 30.7 Å². The molecule has 0 radical (unpaired) electrons. The van der Waals surface area contributed by atoms with Crippen molar-refractivity contribution in [2.24, 2.45) is 29.4 Å². The molecule has 6 atom stereocenters. The molecule has 2 fully saturated rings. The lowest BCUT2D eigenvalue weighted by molar-refractivity contribution is -0.181. The van der Waals surface area contributed by atoms with Crippen LogP contribution in [0.15, 0.2) is 48.5 Å². The number of hydrogen-bond acceptors (Lipinski definition) is 11. The van der Waals surface area contributed by atoms with E-state index in [0.29, 0.717) is 17.7 Å². The molecule has 250 valence electrons. The number of ether oxygens (including phenoxy) is 1. The van der Waals surface area contributed by atoms with Crippen molar-refractivity contribution in [2.45, 2.75) is 38.0 Å². The minimum absolute atomic E-state index is 0.0369. The van der Waals surface area contributed by atoms with E-state index >= 15 is 0 Å². The van der Waals surface area contributed by atoms with Gasteiger partial charge in [0.2, 0.25) is 5.91 Å². The summed E-state index contributed by atoms with van der Waals surface area (Å²) in [6.07, 6.45) is 0.109. The first-order valence-corrected chi connectivity index (χ1v) is 15.9. The van der Waals surface area contributed by atoms with Crippen molar-refractivity contribution >= 4 is 45.8 Å². The summed E-state index contributed by atoms with van der Waals surface area (Å²) in [7, 11) is 3.10. The molecule has 0 aromatic heterocycles. The highest BCUT2D eigenvalue weighted by Crippen LogP contribution is 2.52. The topological polar surface area (TPSA) is 193 Å². The van der Waals surface area contributed by atoms with Crippen molar-refractivity contribution < 1.29 is 43.7 Å². The van der Waals surface area contributed by atoms with Gasteiger partial charge >= 0.3 is 5.97 Å². The summed E-state index contributed by atoms with van der Waals surface area (Å²) < 4.78 is 5.00. The van der Waals surface area contributed by atoms with Crippen molar-refractivity contribution in [1.29, 1.82) is 0 Å². The number of phenols is 1. The number of hydrogen-bond donors (Lipinski definition) is 4. The number of nitrogens with two attached hydrogens (primary N) is 1. The van der Waals surface area contributed by atoms with Crippen LogP contribution in [0.1, 0.15) is 34.8 Å².